The second-order valence-corrected chi connectivity index (χ2v) is 4.26. The minimum absolute atomic E-state index is 1.03. The maximum atomic E-state index is 3.20. The summed E-state index contributed by atoms with van der Waals surface area (Å²) in [7, 11) is 0. The number of hydrogen-bond donors (Lipinski definition) is 1. The topological polar surface area (TPSA) is 15.8 Å². The van der Waals surface area contributed by atoms with Crippen LogP contribution in [0.15, 0.2) is 30.5 Å². The molecular weight excluding hydrogens is 166 g/mol. The van der Waals surface area contributed by atoms with E-state index in [1.807, 2.05) is 23.6 Å². The molecule has 0 radical (unpaired) electrons. The molecule has 12 heavy (non-hydrogen) atoms. The van der Waals surface area contributed by atoms with Crippen molar-refractivity contribution in [3.05, 3.63) is 45.9 Å². The van der Waals surface area contributed by atoms with Crippen molar-refractivity contribution >= 4 is 11.3 Å². The first-order valence-corrected chi connectivity index (χ1v) is 4.84. The normalized spacial score (nSPS) is 10.4. The molecule has 2 aromatic rings. The Hall–Kier alpha value is -1.02. The minimum atomic E-state index is 1.03. The van der Waals surface area contributed by atoms with Gasteiger partial charge in [-0.1, -0.05) is 0 Å². The van der Waals surface area contributed by atoms with E-state index in [1.54, 1.807) is 0 Å². The molecule has 62 valence electrons. The van der Waals surface area contributed by atoms with E-state index in [0.29, 0.717) is 0 Å². The SMILES string of the molecule is Cc1ccc(Cc2ccc[nH]2)s1. The number of H-pyrrole nitrogens is 1. The largest absolute Gasteiger partial charge is 0.365 e. The number of hydrogen-bond acceptors (Lipinski definition) is 1. The van der Waals surface area contributed by atoms with Gasteiger partial charge in [0.2, 0.25) is 0 Å². The molecule has 0 unspecified atom stereocenters. The van der Waals surface area contributed by atoms with Gasteiger partial charge in [-0.2, -0.15) is 0 Å². The van der Waals surface area contributed by atoms with Gasteiger partial charge < -0.3 is 4.98 Å². The van der Waals surface area contributed by atoms with Crippen LogP contribution < -0.4 is 0 Å². The summed E-state index contributed by atoms with van der Waals surface area (Å²) in [6.45, 7) is 2.14. The molecule has 0 bridgehead atoms. The average molecular weight is 177 g/mol. The number of aromatic amines is 1. The van der Waals surface area contributed by atoms with Gasteiger partial charge in [-0.05, 0) is 31.2 Å². The lowest BCUT2D eigenvalue weighted by Crippen LogP contribution is -1.82. The number of aryl methyl sites for hydroxylation is 1. The highest BCUT2D eigenvalue weighted by molar-refractivity contribution is 7.11. The molecule has 2 rings (SSSR count). The molecule has 2 aromatic heterocycles. The molecular formula is C10H11NS. The van der Waals surface area contributed by atoms with Gasteiger partial charge in [-0.15, -0.1) is 11.3 Å². The molecule has 0 saturated heterocycles. The predicted octanol–water partition coefficient (Wildman–Crippen LogP) is 2.98. The molecule has 0 spiro atoms. The maximum absolute atomic E-state index is 3.20. The second kappa shape index (κ2) is 3.15. The standard InChI is InChI=1S/C10H11NS/c1-8-4-5-10(12-8)7-9-3-2-6-11-9/h2-6,11H,7H2,1H3. The van der Waals surface area contributed by atoms with E-state index >= 15 is 0 Å². The smallest absolute Gasteiger partial charge is 0.0221 e. The lowest BCUT2D eigenvalue weighted by molar-refractivity contribution is 1.13. The van der Waals surface area contributed by atoms with Gasteiger partial charge in [0.1, 0.15) is 0 Å². The maximum Gasteiger partial charge on any atom is 0.0221 e. The Labute approximate surface area is 76.1 Å². The Morgan fingerprint density at radius 3 is 2.83 bits per heavy atom. The molecule has 2 heterocycles. The summed E-state index contributed by atoms with van der Waals surface area (Å²) in [5, 5.41) is 0. The van der Waals surface area contributed by atoms with Gasteiger partial charge in [0.15, 0.2) is 0 Å². The van der Waals surface area contributed by atoms with Gasteiger partial charge in [-0.3, -0.25) is 0 Å². The summed E-state index contributed by atoms with van der Waals surface area (Å²) >= 11 is 1.87. The quantitative estimate of drug-likeness (QED) is 0.726. The van der Waals surface area contributed by atoms with Gasteiger partial charge in [-0.25, -0.2) is 0 Å². The zero-order valence-corrected chi connectivity index (χ0v) is 7.82. The van der Waals surface area contributed by atoms with Crippen LogP contribution in [-0.4, -0.2) is 4.98 Å². The number of nitrogens with one attached hydrogen (secondary N) is 1. The Morgan fingerprint density at radius 1 is 1.33 bits per heavy atom. The Bertz CT molecular complexity index is 346. The minimum Gasteiger partial charge on any atom is -0.365 e. The average Bonchev–Trinajstić information content (AvgIpc) is 2.63. The fraction of sp³-hybridized carbons (Fsp3) is 0.200. The van der Waals surface area contributed by atoms with Crippen molar-refractivity contribution in [2.45, 2.75) is 13.3 Å². The molecule has 1 N–H and O–H groups in total. The fourth-order valence-corrected chi connectivity index (χ4v) is 2.16. The Kier molecular flexibility index (Phi) is 2.00. The first-order chi connectivity index (χ1) is 5.84. The van der Waals surface area contributed by atoms with E-state index in [0.717, 1.165) is 6.42 Å². The number of aromatic nitrogens is 1. The monoisotopic (exact) mass is 177 g/mol. The third-order valence-corrected chi connectivity index (χ3v) is 2.82. The van der Waals surface area contributed by atoms with Crippen LogP contribution in [-0.2, 0) is 6.42 Å². The van der Waals surface area contributed by atoms with E-state index in [1.165, 1.54) is 15.4 Å². The third-order valence-electron chi connectivity index (χ3n) is 1.82. The van der Waals surface area contributed by atoms with Crippen LogP contribution in [0.2, 0.25) is 0 Å². The van der Waals surface area contributed by atoms with Gasteiger partial charge in [0.25, 0.3) is 0 Å². The van der Waals surface area contributed by atoms with E-state index in [2.05, 4.69) is 30.1 Å². The molecule has 2 heteroatoms. The van der Waals surface area contributed by atoms with Gasteiger partial charge in [0, 0.05) is 28.1 Å². The fourth-order valence-electron chi connectivity index (χ4n) is 1.25. The van der Waals surface area contributed by atoms with E-state index in [9.17, 15) is 0 Å². The van der Waals surface area contributed by atoms with E-state index < -0.39 is 0 Å². The summed E-state index contributed by atoms with van der Waals surface area (Å²) < 4.78 is 0. The molecule has 0 aromatic carbocycles. The number of rotatable bonds is 2. The molecule has 0 amide bonds. The zero-order valence-electron chi connectivity index (χ0n) is 7.00. The predicted molar refractivity (Wildman–Crippen MR) is 52.7 cm³/mol. The molecule has 0 saturated carbocycles. The molecule has 0 atom stereocenters. The van der Waals surface area contributed by atoms with E-state index in [-0.39, 0.29) is 0 Å². The van der Waals surface area contributed by atoms with Crippen molar-refractivity contribution in [3.63, 3.8) is 0 Å². The first-order valence-electron chi connectivity index (χ1n) is 4.02. The highest BCUT2D eigenvalue weighted by Gasteiger charge is 1.98. The molecule has 0 aliphatic rings. The van der Waals surface area contributed by atoms with Crippen LogP contribution in [0, 0.1) is 6.92 Å². The molecule has 0 aliphatic carbocycles. The van der Waals surface area contributed by atoms with Crippen LogP contribution in [0.25, 0.3) is 0 Å². The van der Waals surface area contributed by atoms with E-state index in [4.69, 9.17) is 0 Å². The summed E-state index contributed by atoms with van der Waals surface area (Å²) in [5.41, 5.74) is 1.29. The van der Waals surface area contributed by atoms with Crippen molar-refractivity contribution in [2.24, 2.45) is 0 Å². The van der Waals surface area contributed by atoms with Crippen molar-refractivity contribution < 1.29 is 0 Å². The Balaban J connectivity index is 2.14. The zero-order chi connectivity index (χ0) is 8.39. The molecule has 1 nitrogen and oxygen atoms in total. The lowest BCUT2D eigenvalue weighted by Gasteiger charge is -1.92. The number of thiophene rings is 1. The van der Waals surface area contributed by atoms with Gasteiger partial charge >= 0.3 is 0 Å². The summed E-state index contributed by atoms with van der Waals surface area (Å²) in [6, 6.07) is 8.52. The third kappa shape index (κ3) is 1.59. The van der Waals surface area contributed by atoms with Crippen LogP contribution in [0.1, 0.15) is 15.4 Å². The lowest BCUT2D eigenvalue weighted by atomic mass is 10.3. The van der Waals surface area contributed by atoms with Crippen LogP contribution in [0.5, 0.6) is 0 Å². The molecule has 0 fully saturated rings. The van der Waals surface area contributed by atoms with Crippen molar-refractivity contribution in [2.75, 3.05) is 0 Å². The van der Waals surface area contributed by atoms with Crippen molar-refractivity contribution in [1.29, 1.82) is 0 Å². The highest BCUT2D eigenvalue weighted by Crippen LogP contribution is 2.17. The summed E-state index contributed by atoms with van der Waals surface area (Å²) in [5.74, 6) is 0. The van der Waals surface area contributed by atoms with Crippen LogP contribution in [0.4, 0.5) is 0 Å². The van der Waals surface area contributed by atoms with Crippen LogP contribution in [0.3, 0.4) is 0 Å². The Morgan fingerprint density at radius 2 is 2.25 bits per heavy atom. The molecule has 0 aliphatic heterocycles. The second-order valence-electron chi connectivity index (χ2n) is 2.88. The first kappa shape index (κ1) is 7.62. The van der Waals surface area contributed by atoms with Gasteiger partial charge in [0.05, 0.1) is 0 Å². The summed E-state index contributed by atoms with van der Waals surface area (Å²) in [6.07, 6.45) is 3.00. The highest BCUT2D eigenvalue weighted by atomic mass is 32.1. The van der Waals surface area contributed by atoms with Crippen molar-refractivity contribution in [3.8, 4) is 0 Å². The van der Waals surface area contributed by atoms with Crippen molar-refractivity contribution in [1.82, 2.24) is 4.98 Å². The summed E-state index contributed by atoms with van der Waals surface area (Å²) in [4.78, 5) is 6.01. The van der Waals surface area contributed by atoms with Crippen LogP contribution >= 0.6 is 11.3 Å².